The predicted molar refractivity (Wildman–Crippen MR) is 113 cm³/mol. The number of hydrogen-bond acceptors (Lipinski definition) is 2. The SMILES string of the molecule is CCOC(=O)c1c(CBr)n(C)c2cc(C3CCCc4ccccc43)ccc12. The lowest BCUT2D eigenvalue weighted by molar-refractivity contribution is 0.0527. The van der Waals surface area contributed by atoms with Crippen LogP contribution in [0.5, 0.6) is 0 Å². The van der Waals surface area contributed by atoms with E-state index in [4.69, 9.17) is 4.74 Å². The topological polar surface area (TPSA) is 31.2 Å². The number of aromatic nitrogens is 1. The average molecular weight is 426 g/mol. The molecule has 0 spiro atoms. The Morgan fingerprint density at radius 2 is 2.07 bits per heavy atom. The fourth-order valence-electron chi connectivity index (χ4n) is 4.41. The van der Waals surface area contributed by atoms with Crippen LogP contribution in [0.15, 0.2) is 42.5 Å². The number of aryl methyl sites for hydroxylation is 2. The number of ether oxygens (including phenoxy) is 1. The van der Waals surface area contributed by atoms with Crippen molar-refractivity contribution >= 4 is 32.8 Å². The fourth-order valence-corrected chi connectivity index (χ4v) is 5.07. The number of carbonyl (C=O) groups excluding carboxylic acids is 1. The van der Waals surface area contributed by atoms with Crippen LogP contribution < -0.4 is 0 Å². The Morgan fingerprint density at radius 1 is 1.26 bits per heavy atom. The molecule has 1 unspecified atom stereocenters. The molecule has 3 nitrogen and oxygen atoms in total. The third-order valence-corrected chi connectivity index (χ3v) is 6.25. The van der Waals surface area contributed by atoms with Gasteiger partial charge in [-0.3, -0.25) is 0 Å². The van der Waals surface area contributed by atoms with Gasteiger partial charge in [0.05, 0.1) is 12.2 Å². The molecule has 0 aliphatic heterocycles. The maximum Gasteiger partial charge on any atom is 0.340 e. The highest BCUT2D eigenvalue weighted by atomic mass is 79.9. The molecule has 1 aromatic heterocycles. The minimum Gasteiger partial charge on any atom is -0.462 e. The number of hydrogen-bond donors (Lipinski definition) is 0. The molecule has 0 saturated heterocycles. The van der Waals surface area contributed by atoms with Crippen LogP contribution in [0.25, 0.3) is 10.9 Å². The molecule has 0 radical (unpaired) electrons. The lowest BCUT2D eigenvalue weighted by Gasteiger charge is -2.26. The van der Waals surface area contributed by atoms with Gasteiger partial charge in [-0.1, -0.05) is 52.3 Å². The van der Waals surface area contributed by atoms with E-state index in [1.807, 2.05) is 14.0 Å². The van der Waals surface area contributed by atoms with Gasteiger partial charge in [0, 0.05) is 34.9 Å². The van der Waals surface area contributed by atoms with Crippen LogP contribution in [0.3, 0.4) is 0 Å². The Bertz CT molecular complexity index is 1010. The summed E-state index contributed by atoms with van der Waals surface area (Å²) in [4.78, 5) is 12.5. The summed E-state index contributed by atoms with van der Waals surface area (Å²) in [7, 11) is 2.03. The third-order valence-electron chi connectivity index (χ3n) is 5.72. The lowest BCUT2D eigenvalue weighted by atomic mass is 9.79. The molecule has 0 bridgehead atoms. The Hall–Kier alpha value is -2.07. The monoisotopic (exact) mass is 425 g/mol. The molecule has 4 rings (SSSR count). The second-order valence-electron chi connectivity index (χ2n) is 7.16. The molecule has 1 aliphatic carbocycles. The van der Waals surface area contributed by atoms with Crippen molar-refractivity contribution in [2.24, 2.45) is 7.05 Å². The summed E-state index contributed by atoms with van der Waals surface area (Å²) < 4.78 is 7.43. The van der Waals surface area contributed by atoms with Gasteiger partial charge in [0.25, 0.3) is 0 Å². The molecule has 1 heterocycles. The normalized spacial score (nSPS) is 16.3. The van der Waals surface area contributed by atoms with Crippen molar-refractivity contribution < 1.29 is 9.53 Å². The summed E-state index contributed by atoms with van der Waals surface area (Å²) in [6.07, 6.45) is 3.55. The number of esters is 1. The standard InChI is InChI=1S/C23H24BrNO2/c1-3-27-23(26)22-19-12-11-16(13-20(19)25(2)21(22)14-24)18-10-6-8-15-7-4-5-9-17(15)18/h4-5,7,9,11-13,18H,3,6,8,10,14H2,1-2H3. The third kappa shape index (κ3) is 3.10. The highest BCUT2D eigenvalue weighted by molar-refractivity contribution is 9.08. The number of nitrogens with zero attached hydrogens (tertiary/aromatic N) is 1. The van der Waals surface area contributed by atoms with Gasteiger partial charge in [0.15, 0.2) is 0 Å². The van der Waals surface area contributed by atoms with Crippen molar-refractivity contribution in [3.05, 3.63) is 70.4 Å². The minimum absolute atomic E-state index is 0.242. The Balaban J connectivity index is 1.85. The van der Waals surface area contributed by atoms with E-state index in [0.717, 1.165) is 16.6 Å². The fraction of sp³-hybridized carbons (Fsp3) is 0.348. The minimum atomic E-state index is -0.242. The summed E-state index contributed by atoms with van der Waals surface area (Å²) in [6.45, 7) is 2.23. The second kappa shape index (κ2) is 7.51. The first-order valence-corrected chi connectivity index (χ1v) is 10.7. The van der Waals surface area contributed by atoms with Crippen molar-refractivity contribution in [2.75, 3.05) is 6.61 Å². The number of halogens is 1. The van der Waals surface area contributed by atoms with E-state index in [1.165, 1.54) is 36.0 Å². The molecule has 4 heteroatoms. The van der Waals surface area contributed by atoms with Crippen LogP contribution in [-0.2, 0) is 23.5 Å². The van der Waals surface area contributed by atoms with E-state index in [2.05, 4.69) is 63.0 Å². The Kier molecular flexibility index (Phi) is 5.09. The summed E-state index contributed by atoms with van der Waals surface area (Å²) in [6, 6.07) is 15.3. The average Bonchev–Trinajstić information content (AvgIpc) is 2.99. The molecular weight excluding hydrogens is 402 g/mol. The first-order chi connectivity index (χ1) is 13.2. The van der Waals surface area contributed by atoms with Crippen LogP contribution in [0.1, 0.15) is 58.4 Å². The molecule has 1 aliphatic rings. The van der Waals surface area contributed by atoms with E-state index in [9.17, 15) is 4.79 Å². The first-order valence-electron chi connectivity index (χ1n) is 9.57. The number of alkyl halides is 1. The molecule has 140 valence electrons. The molecule has 1 atom stereocenters. The van der Waals surface area contributed by atoms with Crippen molar-refractivity contribution in [3.63, 3.8) is 0 Å². The van der Waals surface area contributed by atoms with Crippen LogP contribution in [-0.4, -0.2) is 17.1 Å². The highest BCUT2D eigenvalue weighted by Gasteiger charge is 2.25. The molecule has 0 amide bonds. The van der Waals surface area contributed by atoms with Crippen molar-refractivity contribution in [2.45, 2.75) is 37.4 Å². The Morgan fingerprint density at radius 3 is 2.85 bits per heavy atom. The molecule has 0 saturated carbocycles. The smallest absolute Gasteiger partial charge is 0.340 e. The van der Waals surface area contributed by atoms with Gasteiger partial charge in [-0.15, -0.1) is 0 Å². The maximum atomic E-state index is 12.5. The van der Waals surface area contributed by atoms with Gasteiger partial charge in [-0.2, -0.15) is 0 Å². The zero-order valence-corrected chi connectivity index (χ0v) is 17.4. The first kappa shape index (κ1) is 18.3. The van der Waals surface area contributed by atoms with Gasteiger partial charge >= 0.3 is 5.97 Å². The predicted octanol–water partition coefficient (Wildman–Crippen LogP) is 5.72. The zero-order chi connectivity index (χ0) is 19.0. The summed E-state index contributed by atoms with van der Waals surface area (Å²) in [5, 5.41) is 1.59. The lowest BCUT2D eigenvalue weighted by Crippen LogP contribution is -2.10. The van der Waals surface area contributed by atoms with Gasteiger partial charge < -0.3 is 9.30 Å². The van der Waals surface area contributed by atoms with Crippen LogP contribution in [0, 0.1) is 0 Å². The van der Waals surface area contributed by atoms with E-state index >= 15 is 0 Å². The van der Waals surface area contributed by atoms with Crippen molar-refractivity contribution in [1.82, 2.24) is 4.57 Å². The van der Waals surface area contributed by atoms with E-state index in [1.54, 1.807) is 0 Å². The number of carbonyl (C=O) groups is 1. The Labute approximate surface area is 168 Å². The molecule has 2 aromatic carbocycles. The second-order valence-corrected chi connectivity index (χ2v) is 7.72. The highest BCUT2D eigenvalue weighted by Crippen LogP contribution is 2.38. The number of benzene rings is 2. The van der Waals surface area contributed by atoms with Gasteiger partial charge in [-0.25, -0.2) is 4.79 Å². The van der Waals surface area contributed by atoms with Gasteiger partial charge in [0.1, 0.15) is 0 Å². The molecular formula is C23H24BrNO2. The summed E-state index contributed by atoms with van der Waals surface area (Å²) >= 11 is 3.54. The van der Waals surface area contributed by atoms with Gasteiger partial charge in [0.2, 0.25) is 0 Å². The number of rotatable bonds is 4. The van der Waals surface area contributed by atoms with Crippen LogP contribution in [0.2, 0.25) is 0 Å². The number of fused-ring (bicyclic) bond motifs is 2. The molecule has 0 fully saturated rings. The van der Waals surface area contributed by atoms with E-state index in [-0.39, 0.29) is 5.97 Å². The van der Waals surface area contributed by atoms with Crippen molar-refractivity contribution in [3.8, 4) is 0 Å². The maximum absolute atomic E-state index is 12.5. The summed E-state index contributed by atoms with van der Waals surface area (Å²) in [5.74, 6) is 0.182. The molecule has 27 heavy (non-hydrogen) atoms. The van der Waals surface area contributed by atoms with Crippen LogP contribution in [0.4, 0.5) is 0 Å². The molecule has 0 N–H and O–H groups in total. The van der Waals surface area contributed by atoms with Crippen LogP contribution >= 0.6 is 15.9 Å². The zero-order valence-electron chi connectivity index (χ0n) is 15.8. The van der Waals surface area contributed by atoms with E-state index < -0.39 is 0 Å². The summed E-state index contributed by atoms with van der Waals surface area (Å²) in [5.41, 5.74) is 6.98. The molecule has 3 aromatic rings. The van der Waals surface area contributed by atoms with Gasteiger partial charge in [-0.05, 0) is 48.9 Å². The van der Waals surface area contributed by atoms with E-state index in [0.29, 0.717) is 23.4 Å². The quantitative estimate of drug-likeness (QED) is 0.395. The van der Waals surface area contributed by atoms with Crippen molar-refractivity contribution in [1.29, 1.82) is 0 Å². The largest absolute Gasteiger partial charge is 0.462 e.